The molecule has 0 aromatic carbocycles. The van der Waals surface area contributed by atoms with Crippen molar-refractivity contribution in [1.29, 1.82) is 0 Å². The summed E-state index contributed by atoms with van der Waals surface area (Å²) in [5.74, 6) is 0.468. The SMILES string of the molecule is Cc1cc(C(F)(F)F)nc2sc3c(ncn4nc(-c5cnn(C)c5)nc34)c12. The highest BCUT2D eigenvalue weighted by molar-refractivity contribution is 7.26. The molecule has 0 radical (unpaired) electrons. The number of aryl methyl sites for hydroxylation is 2. The van der Waals surface area contributed by atoms with Gasteiger partial charge in [0.25, 0.3) is 0 Å². The molecule has 5 rings (SSSR count). The van der Waals surface area contributed by atoms with E-state index < -0.39 is 11.9 Å². The minimum absolute atomic E-state index is 0.281. The Bertz CT molecular complexity index is 1350. The van der Waals surface area contributed by atoms with Crippen molar-refractivity contribution in [2.45, 2.75) is 13.1 Å². The second kappa shape index (κ2) is 5.22. The second-order valence-electron chi connectivity index (χ2n) is 6.13. The molecule has 0 fully saturated rings. The number of aromatic nitrogens is 7. The van der Waals surface area contributed by atoms with E-state index in [-0.39, 0.29) is 4.83 Å². The first-order chi connectivity index (χ1) is 12.8. The smallest absolute Gasteiger partial charge is 0.275 e. The van der Waals surface area contributed by atoms with Gasteiger partial charge in [-0.15, -0.1) is 16.4 Å². The Morgan fingerprint density at radius 2 is 2.00 bits per heavy atom. The molecule has 0 saturated carbocycles. The lowest BCUT2D eigenvalue weighted by Gasteiger charge is -2.06. The number of pyridine rings is 1. The van der Waals surface area contributed by atoms with Gasteiger partial charge in [-0.25, -0.2) is 19.5 Å². The minimum atomic E-state index is -4.50. The van der Waals surface area contributed by atoms with Crippen molar-refractivity contribution < 1.29 is 13.2 Å². The molecule has 0 aliphatic heterocycles. The molecule has 0 N–H and O–H groups in total. The fourth-order valence-corrected chi connectivity index (χ4v) is 4.19. The third-order valence-corrected chi connectivity index (χ3v) is 5.29. The summed E-state index contributed by atoms with van der Waals surface area (Å²) < 4.78 is 43.1. The van der Waals surface area contributed by atoms with Crippen LogP contribution in [0.3, 0.4) is 0 Å². The lowest BCUT2D eigenvalue weighted by molar-refractivity contribution is -0.141. The van der Waals surface area contributed by atoms with Gasteiger partial charge in [-0.05, 0) is 18.6 Å². The Hall–Kier alpha value is -3.08. The van der Waals surface area contributed by atoms with Crippen molar-refractivity contribution in [1.82, 2.24) is 34.3 Å². The summed E-state index contributed by atoms with van der Waals surface area (Å²) >= 11 is 1.13. The molecule has 0 amide bonds. The normalized spacial score (nSPS) is 12.6. The predicted octanol–water partition coefficient (Wildman–Crippen LogP) is 3.61. The topological polar surface area (TPSA) is 73.8 Å². The van der Waals surface area contributed by atoms with Crippen LogP contribution >= 0.6 is 11.3 Å². The van der Waals surface area contributed by atoms with Gasteiger partial charge in [0.1, 0.15) is 21.6 Å². The number of hydrogen-bond acceptors (Lipinski definition) is 6. The number of fused-ring (bicyclic) bond motifs is 5. The van der Waals surface area contributed by atoms with Crippen molar-refractivity contribution >= 4 is 37.4 Å². The molecule has 0 unspecified atom stereocenters. The van der Waals surface area contributed by atoms with E-state index in [0.717, 1.165) is 23.0 Å². The molecule has 136 valence electrons. The Labute approximate surface area is 153 Å². The summed E-state index contributed by atoms with van der Waals surface area (Å²) in [4.78, 5) is 13.0. The van der Waals surface area contributed by atoms with Crippen molar-refractivity contribution in [2.75, 3.05) is 0 Å². The quantitative estimate of drug-likeness (QED) is 0.438. The molecule has 5 aromatic heterocycles. The Morgan fingerprint density at radius 3 is 2.70 bits per heavy atom. The molecular weight excluding hydrogens is 379 g/mol. The van der Waals surface area contributed by atoms with Crippen LogP contribution in [0.2, 0.25) is 0 Å². The van der Waals surface area contributed by atoms with Gasteiger partial charge in [0, 0.05) is 18.6 Å². The van der Waals surface area contributed by atoms with E-state index in [1.54, 1.807) is 31.0 Å². The fraction of sp³-hybridized carbons (Fsp3) is 0.188. The number of nitrogens with zero attached hydrogens (tertiary/aromatic N) is 7. The van der Waals surface area contributed by atoms with Crippen LogP contribution in [-0.4, -0.2) is 34.3 Å². The maximum atomic E-state index is 13.1. The summed E-state index contributed by atoms with van der Waals surface area (Å²) in [6, 6.07) is 1.05. The lowest BCUT2D eigenvalue weighted by atomic mass is 10.1. The van der Waals surface area contributed by atoms with Crippen LogP contribution in [0, 0.1) is 6.92 Å². The van der Waals surface area contributed by atoms with Crippen molar-refractivity contribution in [2.24, 2.45) is 7.05 Å². The third kappa shape index (κ3) is 2.38. The van der Waals surface area contributed by atoms with Crippen LogP contribution in [0.4, 0.5) is 13.2 Å². The first-order valence-corrected chi connectivity index (χ1v) is 8.64. The average Bonchev–Trinajstić information content (AvgIpc) is 3.28. The fourth-order valence-electron chi connectivity index (χ4n) is 3.01. The van der Waals surface area contributed by atoms with Gasteiger partial charge in [0.2, 0.25) is 0 Å². The molecule has 0 bridgehead atoms. The maximum absolute atomic E-state index is 13.1. The third-order valence-electron chi connectivity index (χ3n) is 4.22. The van der Waals surface area contributed by atoms with E-state index in [9.17, 15) is 13.2 Å². The van der Waals surface area contributed by atoms with Crippen LogP contribution in [0.1, 0.15) is 11.3 Å². The largest absolute Gasteiger partial charge is 0.433 e. The van der Waals surface area contributed by atoms with Crippen molar-refractivity contribution in [3.05, 3.63) is 36.0 Å². The number of alkyl halides is 3. The number of thiophene rings is 1. The number of rotatable bonds is 1. The average molecular weight is 389 g/mol. The zero-order chi connectivity index (χ0) is 18.9. The van der Waals surface area contributed by atoms with E-state index in [0.29, 0.717) is 32.6 Å². The highest BCUT2D eigenvalue weighted by Gasteiger charge is 2.33. The summed E-state index contributed by atoms with van der Waals surface area (Å²) in [6.07, 6.45) is 0.436. The summed E-state index contributed by atoms with van der Waals surface area (Å²) in [7, 11) is 1.79. The molecule has 0 aliphatic carbocycles. The van der Waals surface area contributed by atoms with E-state index >= 15 is 0 Å². The standard InChI is InChI=1S/C16H10F3N7S/c1-7-3-9(16(17,18)19)22-15-10(7)11-12(27-15)14-23-13(24-26(14)6-20-11)8-4-21-25(2)5-8/h3-6H,1-2H3. The minimum Gasteiger partial charge on any atom is -0.275 e. The molecule has 5 aromatic rings. The molecule has 0 saturated heterocycles. The van der Waals surface area contributed by atoms with Gasteiger partial charge in [0.15, 0.2) is 11.5 Å². The molecule has 0 aliphatic rings. The Kier molecular flexibility index (Phi) is 3.12. The Balaban J connectivity index is 1.81. The van der Waals surface area contributed by atoms with Gasteiger partial charge in [-0.1, -0.05) is 0 Å². The van der Waals surface area contributed by atoms with E-state index in [4.69, 9.17) is 0 Å². The highest BCUT2D eigenvalue weighted by atomic mass is 32.1. The van der Waals surface area contributed by atoms with Crippen LogP contribution in [0.25, 0.3) is 37.5 Å². The van der Waals surface area contributed by atoms with E-state index in [1.165, 1.54) is 10.8 Å². The summed E-state index contributed by atoms with van der Waals surface area (Å²) in [5, 5.41) is 9.10. The van der Waals surface area contributed by atoms with Gasteiger partial charge in [-0.3, -0.25) is 4.68 Å². The van der Waals surface area contributed by atoms with Gasteiger partial charge >= 0.3 is 6.18 Å². The van der Waals surface area contributed by atoms with Crippen molar-refractivity contribution in [3.63, 3.8) is 0 Å². The molecule has 0 spiro atoms. The van der Waals surface area contributed by atoms with Crippen LogP contribution in [0.15, 0.2) is 24.8 Å². The monoisotopic (exact) mass is 389 g/mol. The molecular formula is C16H10F3N7S. The molecule has 5 heterocycles. The molecule has 11 heteroatoms. The number of halogens is 3. The first kappa shape index (κ1) is 16.1. The van der Waals surface area contributed by atoms with Gasteiger partial charge in [-0.2, -0.15) is 18.3 Å². The first-order valence-electron chi connectivity index (χ1n) is 7.83. The molecule has 27 heavy (non-hydrogen) atoms. The second-order valence-corrected chi connectivity index (χ2v) is 7.13. The molecule has 7 nitrogen and oxygen atoms in total. The predicted molar refractivity (Wildman–Crippen MR) is 93.4 cm³/mol. The summed E-state index contributed by atoms with van der Waals surface area (Å²) in [6.45, 7) is 1.63. The maximum Gasteiger partial charge on any atom is 0.433 e. The zero-order valence-electron chi connectivity index (χ0n) is 14.0. The van der Waals surface area contributed by atoms with Crippen LogP contribution in [-0.2, 0) is 13.2 Å². The van der Waals surface area contributed by atoms with Crippen LogP contribution in [0.5, 0.6) is 0 Å². The van der Waals surface area contributed by atoms with Crippen LogP contribution < -0.4 is 0 Å². The van der Waals surface area contributed by atoms with E-state index in [1.807, 2.05) is 0 Å². The van der Waals surface area contributed by atoms with E-state index in [2.05, 4.69) is 25.1 Å². The van der Waals surface area contributed by atoms with Gasteiger partial charge < -0.3 is 0 Å². The highest BCUT2D eigenvalue weighted by Crippen LogP contribution is 2.38. The van der Waals surface area contributed by atoms with Gasteiger partial charge in [0.05, 0.1) is 17.3 Å². The summed E-state index contributed by atoms with van der Waals surface area (Å²) in [5.41, 5.74) is 1.40. The lowest BCUT2D eigenvalue weighted by Crippen LogP contribution is -2.07. The zero-order valence-corrected chi connectivity index (χ0v) is 14.8. The molecule has 0 atom stereocenters. The van der Waals surface area contributed by atoms with Crippen molar-refractivity contribution in [3.8, 4) is 11.4 Å². The Morgan fingerprint density at radius 1 is 1.19 bits per heavy atom. The number of hydrogen-bond donors (Lipinski definition) is 0.